The van der Waals surface area contributed by atoms with Gasteiger partial charge in [0.05, 0.1) is 23.5 Å². The summed E-state index contributed by atoms with van der Waals surface area (Å²) in [5.41, 5.74) is 0.274. The molecule has 0 spiro atoms. The standard InChI is InChI=1S/C12H8N2O4/c15-11(16)8-2-5-14(6-3-8)10-7-9(12(17)18)1-4-13-10/h1-7H,(H-,15,16,17,18)/p+1. The Kier molecular flexibility index (Phi) is 3.01. The van der Waals surface area contributed by atoms with Crippen LogP contribution in [-0.4, -0.2) is 27.1 Å². The smallest absolute Gasteiger partial charge is 0.336 e. The van der Waals surface area contributed by atoms with E-state index in [1.54, 1.807) is 4.57 Å². The first-order valence-corrected chi connectivity index (χ1v) is 5.02. The summed E-state index contributed by atoms with van der Waals surface area (Å²) in [6, 6.07) is 5.62. The molecule has 6 heteroatoms. The number of aromatic nitrogens is 2. The largest absolute Gasteiger partial charge is 0.478 e. The van der Waals surface area contributed by atoms with E-state index in [2.05, 4.69) is 4.98 Å². The first-order valence-electron chi connectivity index (χ1n) is 5.02. The van der Waals surface area contributed by atoms with Crippen molar-refractivity contribution in [3.05, 3.63) is 54.0 Å². The van der Waals surface area contributed by atoms with Gasteiger partial charge in [0, 0.05) is 6.07 Å². The molecule has 0 amide bonds. The van der Waals surface area contributed by atoms with Crippen LogP contribution in [0.3, 0.4) is 0 Å². The fourth-order valence-corrected chi connectivity index (χ4v) is 1.41. The second-order valence-electron chi connectivity index (χ2n) is 3.51. The van der Waals surface area contributed by atoms with Gasteiger partial charge in [0.1, 0.15) is 6.20 Å². The van der Waals surface area contributed by atoms with Crippen molar-refractivity contribution in [3.8, 4) is 5.82 Å². The van der Waals surface area contributed by atoms with E-state index < -0.39 is 11.9 Å². The highest BCUT2D eigenvalue weighted by Gasteiger charge is 2.12. The minimum Gasteiger partial charge on any atom is -0.478 e. The maximum absolute atomic E-state index is 10.8. The van der Waals surface area contributed by atoms with Gasteiger partial charge < -0.3 is 10.2 Å². The zero-order valence-corrected chi connectivity index (χ0v) is 9.15. The molecule has 0 unspecified atom stereocenters. The van der Waals surface area contributed by atoms with E-state index in [0.29, 0.717) is 5.82 Å². The van der Waals surface area contributed by atoms with Gasteiger partial charge in [0.25, 0.3) is 0 Å². The number of carboxylic acids is 2. The monoisotopic (exact) mass is 245 g/mol. The Balaban J connectivity index is 2.39. The van der Waals surface area contributed by atoms with E-state index in [4.69, 9.17) is 10.2 Å². The molecule has 0 aliphatic rings. The molecule has 0 radical (unpaired) electrons. The highest BCUT2D eigenvalue weighted by Crippen LogP contribution is 2.02. The zero-order chi connectivity index (χ0) is 13.1. The molecule has 18 heavy (non-hydrogen) atoms. The van der Waals surface area contributed by atoms with E-state index in [-0.39, 0.29) is 11.1 Å². The van der Waals surface area contributed by atoms with Crippen LogP contribution in [0.1, 0.15) is 20.7 Å². The minimum absolute atomic E-state index is 0.120. The van der Waals surface area contributed by atoms with Crippen LogP contribution in [0.2, 0.25) is 0 Å². The molecule has 0 saturated carbocycles. The number of pyridine rings is 2. The first-order chi connectivity index (χ1) is 8.58. The Labute approximate surface area is 102 Å². The molecule has 0 aliphatic carbocycles. The average Bonchev–Trinajstić information content (AvgIpc) is 2.39. The molecule has 6 nitrogen and oxygen atoms in total. The van der Waals surface area contributed by atoms with Crippen LogP contribution in [0.25, 0.3) is 5.82 Å². The summed E-state index contributed by atoms with van der Waals surface area (Å²) in [7, 11) is 0. The van der Waals surface area contributed by atoms with Gasteiger partial charge in [0.2, 0.25) is 0 Å². The van der Waals surface area contributed by atoms with E-state index >= 15 is 0 Å². The first kappa shape index (κ1) is 11.7. The third kappa shape index (κ3) is 2.32. The summed E-state index contributed by atoms with van der Waals surface area (Å²) in [5, 5.41) is 17.6. The molecular formula is C12H9N2O4+. The summed E-state index contributed by atoms with van der Waals surface area (Å²) in [4.78, 5) is 25.5. The van der Waals surface area contributed by atoms with Crippen LogP contribution in [0.15, 0.2) is 42.9 Å². The molecule has 2 aromatic heterocycles. The van der Waals surface area contributed by atoms with Gasteiger partial charge >= 0.3 is 17.8 Å². The fraction of sp³-hybridized carbons (Fsp3) is 0. The van der Waals surface area contributed by atoms with Crippen molar-refractivity contribution in [3.63, 3.8) is 0 Å². The minimum atomic E-state index is -1.04. The van der Waals surface area contributed by atoms with E-state index in [1.807, 2.05) is 0 Å². The second kappa shape index (κ2) is 4.62. The lowest BCUT2D eigenvalue weighted by Gasteiger charge is -1.98. The summed E-state index contributed by atoms with van der Waals surface area (Å²) in [6.45, 7) is 0. The lowest BCUT2D eigenvalue weighted by Crippen LogP contribution is -2.31. The van der Waals surface area contributed by atoms with Crippen molar-refractivity contribution >= 4 is 11.9 Å². The highest BCUT2D eigenvalue weighted by molar-refractivity contribution is 5.88. The van der Waals surface area contributed by atoms with Crippen LogP contribution in [0, 0.1) is 0 Å². The fourth-order valence-electron chi connectivity index (χ4n) is 1.41. The summed E-state index contributed by atoms with van der Waals surface area (Å²) >= 11 is 0. The summed E-state index contributed by atoms with van der Waals surface area (Å²) in [6.07, 6.45) is 4.41. The van der Waals surface area contributed by atoms with Crippen molar-refractivity contribution in [1.82, 2.24) is 4.98 Å². The van der Waals surface area contributed by atoms with Crippen LogP contribution < -0.4 is 4.57 Å². The number of hydrogen-bond donors (Lipinski definition) is 2. The zero-order valence-electron chi connectivity index (χ0n) is 9.15. The molecule has 0 atom stereocenters. The van der Waals surface area contributed by atoms with E-state index in [9.17, 15) is 9.59 Å². The lowest BCUT2D eigenvalue weighted by atomic mass is 10.2. The molecule has 0 bridgehead atoms. The SMILES string of the molecule is O=C(O)c1cc[n+](-c2cc(C(=O)O)ccn2)cc1. The van der Waals surface area contributed by atoms with Crippen LogP contribution in [0.5, 0.6) is 0 Å². The quantitative estimate of drug-likeness (QED) is 0.779. The van der Waals surface area contributed by atoms with Crippen molar-refractivity contribution < 1.29 is 24.4 Å². The molecule has 0 aromatic carbocycles. The van der Waals surface area contributed by atoms with Gasteiger partial charge in [-0.2, -0.15) is 0 Å². The van der Waals surface area contributed by atoms with Gasteiger partial charge in [-0.05, 0) is 23.2 Å². The maximum Gasteiger partial charge on any atom is 0.336 e. The van der Waals surface area contributed by atoms with Gasteiger partial charge in [-0.3, -0.25) is 0 Å². The molecule has 0 saturated heterocycles. The summed E-state index contributed by atoms with van der Waals surface area (Å²) in [5.74, 6) is -1.65. The molecule has 2 aromatic rings. The predicted octanol–water partition coefficient (Wildman–Crippen LogP) is 0.755. The Morgan fingerprint density at radius 3 is 2.17 bits per heavy atom. The summed E-state index contributed by atoms with van der Waals surface area (Å²) < 4.78 is 1.54. The number of carbonyl (C=O) groups is 2. The van der Waals surface area contributed by atoms with Crippen LogP contribution >= 0.6 is 0 Å². The Morgan fingerprint density at radius 2 is 1.61 bits per heavy atom. The number of carboxylic acid groups (broad SMARTS) is 2. The third-order valence-electron chi connectivity index (χ3n) is 2.33. The van der Waals surface area contributed by atoms with Crippen molar-refractivity contribution in [2.45, 2.75) is 0 Å². The lowest BCUT2D eigenvalue weighted by molar-refractivity contribution is -0.599. The van der Waals surface area contributed by atoms with E-state index in [0.717, 1.165) is 0 Å². The predicted molar refractivity (Wildman–Crippen MR) is 59.7 cm³/mol. The average molecular weight is 245 g/mol. The van der Waals surface area contributed by atoms with Gasteiger partial charge in [-0.1, -0.05) is 0 Å². The Morgan fingerprint density at radius 1 is 1.00 bits per heavy atom. The van der Waals surface area contributed by atoms with Crippen LogP contribution in [-0.2, 0) is 0 Å². The molecule has 0 aliphatic heterocycles. The molecule has 2 heterocycles. The molecule has 2 rings (SSSR count). The maximum atomic E-state index is 10.8. The van der Waals surface area contributed by atoms with Gasteiger partial charge in [-0.25, -0.2) is 14.2 Å². The Hall–Kier alpha value is -2.76. The normalized spacial score (nSPS) is 10.0. The topological polar surface area (TPSA) is 91.4 Å². The third-order valence-corrected chi connectivity index (χ3v) is 2.33. The van der Waals surface area contributed by atoms with Crippen molar-refractivity contribution in [2.75, 3.05) is 0 Å². The van der Waals surface area contributed by atoms with Gasteiger partial charge in [-0.15, -0.1) is 0 Å². The number of rotatable bonds is 3. The molecule has 2 N–H and O–H groups in total. The van der Waals surface area contributed by atoms with Crippen molar-refractivity contribution in [1.29, 1.82) is 0 Å². The van der Waals surface area contributed by atoms with Crippen molar-refractivity contribution in [2.24, 2.45) is 0 Å². The highest BCUT2D eigenvalue weighted by atomic mass is 16.4. The number of aromatic carboxylic acids is 2. The Bertz CT molecular complexity index is 608. The number of hydrogen-bond acceptors (Lipinski definition) is 3. The van der Waals surface area contributed by atoms with Crippen LogP contribution in [0.4, 0.5) is 0 Å². The number of nitrogens with zero attached hydrogens (tertiary/aromatic N) is 2. The molecular weight excluding hydrogens is 236 g/mol. The second-order valence-corrected chi connectivity index (χ2v) is 3.51. The van der Waals surface area contributed by atoms with Gasteiger partial charge in [0.15, 0.2) is 0 Å². The molecule has 0 fully saturated rings. The van der Waals surface area contributed by atoms with E-state index in [1.165, 1.54) is 42.9 Å². The molecule has 90 valence electrons.